The summed E-state index contributed by atoms with van der Waals surface area (Å²) in [5.74, 6) is -0.301. The van der Waals surface area contributed by atoms with Gasteiger partial charge in [0.1, 0.15) is 5.60 Å². The molecule has 0 aromatic heterocycles. The van der Waals surface area contributed by atoms with Crippen molar-refractivity contribution in [2.24, 2.45) is 0 Å². The molecule has 22 heavy (non-hydrogen) atoms. The molecule has 1 unspecified atom stereocenters. The SMILES string of the molecule is CCC(O)CCCCCNC(=O)CONC(=O)OC(C)(C)C. The molecule has 0 aliphatic heterocycles. The zero-order valence-electron chi connectivity index (χ0n) is 14.1. The van der Waals surface area contributed by atoms with Gasteiger partial charge in [-0.05, 0) is 40.0 Å². The molecule has 7 nitrogen and oxygen atoms in total. The Hall–Kier alpha value is -1.34. The lowest BCUT2D eigenvalue weighted by Crippen LogP contribution is -2.36. The summed E-state index contributed by atoms with van der Waals surface area (Å²) >= 11 is 0. The Morgan fingerprint density at radius 2 is 1.86 bits per heavy atom. The van der Waals surface area contributed by atoms with Gasteiger partial charge < -0.3 is 15.2 Å². The summed E-state index contributed by atoms with van der Waals surface area (Å²) in [6.45, 7) is 7.46. The van der Waals surface area contributed by atoms with Crippen molar-refractivity contribution >= 4 is 12.0 Å². The summed E-state index contributed by atoms with van der Waals surface area (Å²) in [5.41, 5.74) is 1.44. The number of aliphatic hydroxyl groups excluding tert-OH is 1. The number of carbonyl (C=O) groups is 2. The monoisotopic (exact) mass is 318 g/mol. The molecule has 1 atom stereocenters. The Morgan fingerprint density at radius 3 is 2.45 bits per heavy atom. The van der Waals surface area contributed by atoms with E-state index in [2.05, 4.69) is 5.32 Å². The maximum absolute atomic E-state index is 11.4. The van der Waals surface area contributed by atoms with Crippen LogP contribution in [0.5, 0.6) is 0 Å². The molecule has 0 saturated carbocycles. The molecule has 0 fully saturated rings. The van der Waals surface area contributed by atoms with Gasteiger partial charge in [-0.3, -0.25) is 9.63 Å². The molecule has 0 heterocycles. The van der Waals surface area contributed by atoms with Gasteiger partial charge >= 0.3 is 6.09 Å². The van der Waals surface area contributed by atoms with Crippen LogP contribution in [0.1, 0.15) is 59.8 Å². The van der Waals surface area contributed by atoms with Crippen LogP contribution in [0.4, 0.5) is 4.79 Å². The van der Waals surface area contributed by atoms with E-state index in [0.29, 0.717) is 6.54 Å². The Balaban J connectivity index is 3.49. The first-order valence-corrected chi connectivity index (χ1v) is 7.80. The Labute approximate surface area is 132 Å². The highest BCUT2D eigenvalue weighted by atomic mass is 16.7. The molecule has 0 spiro atoms. The van der Waals surface area contributed by atoms with E-state index in [-0.39, 0.29) is 18.6 Å². The van der Waals surface area contributed by atoms with Gasteiger partial charge in [-0.15, -0.1) is 0 Å². The predicted molar refractivity (Wildman–Crippen MR) is 83.1 cm³/mol. The van der Waals surface area contributed by atoms with Crippen molar-refractivity contribution in [3.63, 3.8) is 0 Å². The minimum atomic E-state index is -0.727. The molecule has 0 aliphatic carbocycles. The van der Waals surface area contributed by atoms with Gasteiger partial charge in [0.2, 0.25) is 5.91 Å². The predicted octanol–water partition coefficient (Wildman–Crippen LogP) is 1.89. The van der Waals surface area contributed by atoms with Gasteiger partial charge in [0.05, 0.1) is 6.10 Å². The minimum absolute atomic E-state index is 0.220. The van der Waals surface area contributed by atoms with Crippen molar-refractivity contribution in [1.82, 2.24) is 10.8 Å². The van der Waals surface area contributed by atoms with Gasteiger partial charge in [-0.1, -0.05) is 19.8 Å². The lowest BCUT2D eigenvalue weighted by atomic mass is 10.1. The third-order valence-corrected chi connectivity index (χ3v) is 2.77. The van der Waals surface area contributed by atoms with Crippen molar-refractivity contribution in [1.29, 1.82) is 0 Å². The van der Waals surface area contributed by atoms with E-state index in [1.165, 1.54) is 0 Å². The van der Waals surface area contributed by atoms with E-state index in [1.807, 2.05) is 12.4 Å². The number of hydrogen-bond donors (Lipinski definition) is 3. The fraction of sp³-hybridized carbons (Fsp3) is 0.867. The molecule has 3 N–H and O–H groups in total. The highest BCUT2D eigenvalue weighted by Crippen LogP contribution is 2.06. The van der Waals surface area contributed by atoms with Gasteiger partial charge in [-0.25, -0.2) is 4.79 Å². The van der Waals surface area contributed by atoms with Crippen LogP contribution < -0.4 is 10.8 Å². The Kier molecular flexibility index (Phi) is 10.6. The van der Waals surface area contributed by atoms with Gasteiger partial charge in [-0.2, -0.15) is 5.48 Å². The fourth-order valence-electron chi connectivity index (χ4n) is 1.62. The topological polar surface area (TPSA) is 96.9 Å². The van der Waals surface area contributed by atoms with Crippen LogP contribution in [-0.4, -0.2) is 42.0 Å². The number of hydroxylamine groups is 1. The summed E-state index contributed by atoms with van der Waals surface area (Å²) in [7, 11) is 0. The first-order chi connectivity index (χ1) is 10.2. The normalized spacial score (nSPS) is 12.6. The Bertz CT molecular complexity index is 328. The van der Waals surface area contributed by atoms with Crippen LogP contribution in [0.15, 0.2) is 0 Å². The van der Waals surface area contributed by atoms with Crippen LogP contribution >= 0.6 is 0 Å². The van der Waals surface area contributed by atoms with Crippen molar-refractivity contribution in [3.8, 4) is 0 Å². The summed E-state index contributed by atoms with van der Waals surface area (Å²) in [6.07, 6.45) is 3.38. The average Bonchev–Trinajstić information content (AvgIpc) is 2.40. The molecule has 2 amide bonds. The zero-order valence-corrected chi connectivity index (χ0v) is 14.1. The van der Waals surface area contributed by atoms with Crippen molar-refractivity contribution < 1.29 is 24.3 Å². The molecule has 0 saturated heterocycles. The number of unbranched alkanes of at least 4 members (excludes halogenated alkanes) is 2. The minimum Gasteiger partial charge on any atom is -0.442 e. The van der Waals surface area contributed by atoms with Gasteiger partial charge in [0, 0.05) is 6.54 Å². The number of nitrogens with one attached hydrogen (secondary N) is 2. The molecule has 0 aromatic rings. The maximum atomic E-state index is 11.4. The van der Waals surface area contributed by atoms with E-state index >= 15 is 0 Å². The molecule has 0 rings (SSSR count). The van der Waals surface area contributed by atoms with Crippen LogP contribution in [-0.2, 0) is 14.4 Å². The van der Waals surface area contributed by atoms with Crippen molar-refractivity contribution in [2.45, 2.75) is 71.5 Å². The van der Waals surface area contributed by atoms with E-state index in [1.54, 1.807) is 20.8 Å². The number of aliphatic hydroxyl groups is 1. The summed E-state index contributed by atoms with van der Waals surface area (Å²) in [6, 6.07) is 0. The summed E-state index contributed by atoms with van der Waals surface area (Å²) in [4.78, 5) is 27.4. The van der Waals surface area contributed by atoms with E-state index in [4.69, 9.17) is 9.57 Å². The second-order valence-electron chi connectivity index (χ2n) is 6.15. The van der Waals surface area contributed by atoms with E-state index < -0.39 is 11.7 Å². The standard InChI is InChI=1S/C15H30N2O5/c1-5-12(18)9-7-6-8-10-16-13(19)11-21-17-14(20)22-15(2,3)4/h12,18H,5-11H2,1-4H3,(H,16,19)(H,17,20). The highest BCUT2D eigenvalue weighted by molar-refractivity contribution is 5.77. The molecule has 0 aliphatic rings. The van der Waals surface area contributed by atoms with Crippen LogP contribution in [0.3, 0.4) is 0 Å². The number of rotatable bonds is 10. The van der Waals surface area contributed by atoms with E-state index in [9.17, 15) is 14.7 Å². The van der Waals surface area contributed by atoms with Crippen LogP contribution in [0.2, 0.25) is 0 Å². The molecule has 0 aromatic carbocycles. The number of hydrogen-bond acceptors (Lipinski definition) is 5. The second-order valence-corrected chi connectivity index (χ2v) is 6.15. The Morgan fingerprint density at radius 1 is 1.18 bits per heavy atom. The van der Waals surface area contributed by atoms with Crippen LogP contribution in [0.25, 0.3) is 0 Å². The maximum Gasteiger partial charge on any atom is 0.431 e. The number of carbonyl (C=O) groups excluding carboxylic acids is 2. The number of ether oxygens (including phenoxy) is 1. The lowest BCUT2D eigenvalue weighted by molar-refractivity contribution is -0.128. The largest absolute Gasteiger partial charge is 0.442 e. The third kappa shape index (κ3) is 13.6. The first kappa shape index (κ1) is 20.7. The summed E-state index contributed by atoms with van der Waals surface area (Å²) < 4.78 is 4.95. The van der Waals surface area contributed by atoms with Crippen molar-refractivity contribution in [2.75, 3.05) is 13.2 Å². The molecule has 0 bridgehead atoms. The average molecular weight is 318 g/mol. The quantitative estimate of drug-likeness (QED) is 0.422. The van der Waals surface area contributed by atoms with Crippen LogP contribution in [0, 0.1) is 0 Å². The van der Waals surface area contributed by atoms with E-state index in [0.717, 1.165) is 32.1 Å². The fourth-order valence-corrected chi connectivity index (χ4v) is 1.62. The number of amides is 2. The van der Waals surface area contributed by atoms with Crippen molar-refractivity contribution in [3.05, 3.63) is 0 Å². The molecular weight excluding hydrogens is 288 g/mol. The van der Waals surface area contributed by atoms with Gasteiger partial charge in [0.15, 0.2) is 6.61 Å². The molecular formula is C15H30N2O5. The molecule has 130 valence electrons. The zero-order chi connectivity index (χ0) is 17.0. The highest BCUT2D eigenvalue weighted by Gasteiger charge is 2.16. The third-order valence-electron chi connectivity index (χ3n) is 2.77. The molecule has 7 heteroatoms. The van der Waals surface area contributed by atoms with Gasteiger partial charge in [0.25, 0.3) is 0 Å². The molecule has 0 radical (unpaired) electrons. The summed E-state index contributed by atoms with van der Waals surface area (Å²) in [5, 5.41) is 12.1. The smallest absolute Gasteiger partial charge is 0.431 e. The lowest BCUT2D eigenvalue weighted by Gasteiger charge is -2.19. The first-order valence-electron chi connectivity index (χ1n) is 7.80. The second kappa shape index (κ2) is 11.3.